The molecule has 192 valence electrons. The first kappa shape index (κ1) is 26.7. The van der Waals surface area contributed by atoms with E-state index in [0.29, 0.717) is 18.8 Å². The van der Waals surface area contributed by atoms with Crippen molar-refractivity contribution in [1.82, 2.24) is 5.32 Å². The van der Waals surface area contributed by atoms with Crippen molar-refractivity contribution in [3.8, 4) is 5.75 Å². The molecule has 8 heteroatoms. The molecule has 34 heavy (non-hydrogen) atoms. The van der Waals surface area contributed by atoms with Crippen molar-refractivity contribution in [3.05, 3.63) is 24.3 Å². The summed E-state index contributed by atoms with van der Waals surface area (Å²) in [5, 5.41) is 5.69. The second kappa shape index (κ2) is 13.3. The molecular weight excluding hydrogens is 436 g/mol. The number of unbranched alkanes of at least 4 members (excludes halogenated alkanes) is 7. The van der Waals surface area contributed by atoms with E-state index in [2.05, 4.69) is 17.6 Å². The van der Waals surface area contributed by atoms with Crippen molar-refractivity contribution in [2.45, 2.75) is 103 Å². The Hall–Kier alpha value is -1.87. The molecule has 0 saturated carbocycles. The van der Waals surface area contributed by atoms with Crippen LogP contribution < -0.4 is 15.4 Å². The summed E-state index contributed by atoms with van der Waals surface area (Å²) in [5.74, 6) is 0.0239. The average Bonchev–Trinajstić information content (AvgIpc) is 3.28. The summed E-state index contributed by atoms with van der Waals surface area (Å²) in [6.45, 7) is 6.93. The summed E-state index contributed by atoms with van der Waals surface area (Å²) in [4.78, 5) is 12.4. The van der Waals surface area contributed by atoms with E-state index >= 15 is 0 Å². The van der Waals surface area contributed by atoms with Gasteiger partial charge in [0.05, 0.1) is 7.11 Å². The third-order valence-corrected chi connectivity index (χ3v) is 6.21. The highest BCUT2D eigenvalue weighted by atomic mass is 16.8. The summed E-state index contributed by atoms with van der Waals surface area (Å²) < 4.78 is 29.4. The summed E-state index contributed by atoms with van der Waals surface area (Å²) in [6, 6.07) is 6.85. The Morgan fingerprint density at radius 2 is 1.68 bits per heavy atom. The van der Waals surface area contributed by atoms with E-state index in [1.165, 1.54) is 38.5 Å². The van der Waals surface area contributed by atoms with E-state index in [4.69, 9.17) is 23.7 Å². The molecule has 2 aliphatic heterocycles. The number of anilines is 1. The van der Waals surface area contributed by atoms with Crippen molar-refractivity contribution >= 4 is 11.7 Å². The highest BCUT2D eigenvalue weighted by molar-refractivity contribution is 5.89. The lowest BCUT2D eigenvalue weighted by atomic mass is 10.1. The van der Waals surface area contributed by atoms with Crippen LogP contribution >= 0.6 is 0 Å². The standard InChI is InChI=1S/C26H42N2O6/c1-5-6-7-8-9-10-11-12-17-31-22-21(32-24-23(22)33-26(2,3)34-24)18-27-25(29)28-19-13-15-20(30-4)16-14-19/h13-16,21-24H,5-12,17-18H2,1-4H3,(H2,27,28,29)/t21-,22+,23+,24+/m0/s1. The predicted octanol–water partition coefficient (Wildman–Crippen LogP) is 5.22. The van der Waals surface area contributed by atoms with Crippen LogP contribution in [-0.2, 0) is 18.9 Å². The number of nitrogens with one attached hydrogen (secondary N) is 2. The second-order valence-electron chi connectivity index (χ2n) is 9.52. The van der Waals surface area contributed by atoms with Crippen molar-refractivity contribution in [2.75, 3.05) is 25.6 Å². The number of carbonyl (C=O) groups excluding carboxylic acids is 1. The van der Waals surface area contributed by atoms with E-state index in [0.717, 1.165) is 18.6 Å². The molecule has 0 unspecified atom stereocenters. The van der Waals surface area contributed by atoms with Gasteiger partial charge in [-0.05, 0) is 44.5 Å². The van der Waals surface area contributed by atoms with Crippen LogP contribution in [0.3, 0.4) is 0 Å². The molecule has 0 spiro atoms. The van der Waals surface area contributed by atoms with Gasteiger partial charge in [0.25, 0.3) is 0 Å². The molecule has 2 aliphatic rings. The number of amides is 2. The summed E-state index contributed by atoms with van der Waals surface area (Å²) in [6.07, 6.45) is 8.52. The van der Waals surface area contributed by atoms with E-state index in [9.17, 15) is 4.79 Å². The second-order valence-corrected chi connectivity index (χ2v) is 9.52. The number of carbonyl (C=O) groups is 1. The Bertz CT molecular complexity index is 741. The minimum atomic E-state index is -0.709. The lowest BCUT2D eigenvalue weighted by Gasteiger charge is -2.26. The van der Waals surface area contributed by atoms with Gasteiger partial charge in [0.2, 0.25) is 0 Å². The summed E-state index contributed by atoms with van der Waals surface area (Å²) in [7, 11) is 1.60. The fourth-order valence-corrected chi connectivity index (χ4v) is 4.41. The highest BCUT2D eigenvalue weighted by Crippen LogP contribution is 2.38. The molecule has 8 nitrogen and oxygen atoms in total. The largest absolute Gasteiger partial charge is 0.497 e. The topological polar surface area (TPSA) is 87.3 Å². The first-order valence-corrected chi connectivity index (χ1v) is 12.7. The highest BCUT2D eigenvalue weighted by Gasteiger charge is 2.55. The van der Waals surface area contributed by atoms with Gasteiger partial charge < -0.3 is 34.3 Å². The predicted molar refractivity (Wildman–Crippen MR) is 131 cm³/mol. The maximum Gasteiger partial charge on any atom is 0.319 e. The molecule has 2 saturated heterocycles. The van der Waals surface area contributed by atoms with Crippen LogP contribution in [-0.4, -0.2) is 56.7 Å². The van der Waals surface area contributed by atoms with E-state index in [1.807, 2.05) is 13.8 Å². The minimum Gasteiger partial charge on any atom is -0.497 e. The molecule has 3 rings (SSSR count). The van der Waals surface area contributed by atoms with Crippen LogP contribution in [0.25, 0.3) is 0 Å². The normalized spacial score (nSPS) is 25.2. The zero-order valence-electron chi connectivity index (χ0n) is 21.1. The van der Waals surface area contributed by atoms with Crippen LogP contribution in [0.4, 0.5) is 10.5 Å². The van der Waals surface area contributed by atoms with Gasteiger partial charge in [-0.2, -0.15) is 0 Å². The Morgan fingerprint density at radius 1 is 1.00 bits per heavy atom. The lowest BCUT2D eigenvalue weighted by Crippen LogP contribution is -2.44. The Labute approximate surface area is 204 Å². The van der Waals surface area contributed by atoms with E-state index < -0.39 is 12.1 Å². The molecule has 1 aromatic rings. The zero-order valence-corrected chi connectivity index (χ0v) is 21.1. The lowest BCUT2D eigenvalue weighted by molar-refractivity contribution is -0.217. The maximum atomic E-state index is 12.4. The third-order valence-electron chi connectivity index (χ3n) is 6.21. The first-order valence-electron chi connectivity index (χ1n) is 12.7. The monoisotopic (exact) mass is 478 g/mol. The molecule has 2 fully saturated rings. The summed E-state index contributed by atoms with van der Waals surface area (Å²) in [5.41, 5.74) is 0.679. The molecule has 4 atom stereocenters. The number of fused-ring (bicyclic) bond motifs is 1. The number of methoxy groups -OCH3 is 1. The van der Waals surface area contributed by atoms with Crippen LogP contribution in [0, 0.1) is 0 Å². The van der Waals surface area contributed by atoms with Gasteiger partial charge in [-0.1, -0.05) is 51.9 Å². The van der Waals surface area contributed by atoms with Gasteiger partial charge in [0.15, 0.2) is 12.1 Å². The van der Waals surface area contributed by atoms with Gasteiger partial charge in [-0.25, -0.2) is 4.79 Å². The van der Waals surface area contributed by atoms with Gasteiger partial charge in [0.1, 0.15) is 24.1 Å². The molecule has 0 aromatic heterocycles. The van der Waals surface area contributed by atoms with Crippen molar-refractivity contribution in [2.24, 2.45) is 0 Å². The number of hydrogen-bond acceptors (Lipinski definition) is 6. The van der Waals surface area contributed by atoms with Crippen molar-refractivity contribution < 1.29 is 28.5 Å². The molecule has 0 aliphatic carbocycles. The molecule has 1 aromatic carbocycles. The molecular formula is C26H42N2O6. The Kier molecular flexibility index (Phi) is 10.4. The van der Waals surface area contributed by atoms with Crippen LogP contribution in [0.5, 0.6) is 5.75 Å². The molecule has 0 bridgehead atoms. The average molecular weight is 479 g/mol. The Morgan fingerprint density at radius 3 is 2.35 bits per heavy atom. The fourth-order valence-electron chi connectivity index (χ4n) is 4.41. The smallest absolute Gasteiger partial charge is 0.319 e. The van der Waals surface area contributed by atoms with E-state index in [-0.39, 0.29) is 24.3 Å². The number of urea groups is 1. The van der Waals surface area contributed by atoms with Gasteiger partial charge >= 0.3 is 6.03 Å². The SMILES string of the molecule is CCCCCCCCCCO[C@H]1[C@H]2OC(C)(C)O[C@H]2O[C@H]1CNC(=O)Nc1ccc(OC)cc1. The molecule has 2 amide bonds. The van der Waals surface area contributed by atoms with Gasteiger partial charge in [0, 0.05) is 18.8 Å². The van der Waals surface area contributed by atoms with Gasteiger partial charge in [-0.3, -0.25) is 0 Å². The fraction of sp³-hybridized carbons (Fsp3) is 0.731. The van der Waals surface area contributed by atoms with Gasteiger partial charge in [-0.15, -0.1) is 0 Å². The third kappa shape index (κ3) is 8.12. The van der Waals surface area contributed by atoms with Crippen LogP contribution in [0.15, 0.2) is 24.3 Å². The quantitative estimate of drug-likeness (QED) is 0.357. The number of benzene rings is 1. The van der Waals surface area contributed by atoms with E-state index in [1.54, 1.807) is 31.4 Å². The summed E-state index contributed by atoms with van der Waals surface area (Å²) >= 11 is 0. The molecule has 2 N–H and O–H groups in total. The zero-order chi connectivity index (χ0) is 24.4. The van der Waals surface area contributed by atoms with Crippen molar-refractivity contribution in [1.29, 1.82) is 0 Å². The van der Waals surface area contributed by atoms with Crippen molar-refractivity contribution in [3.63, 3.8) is 0 Å². The number of hydrogen-bond donors (Lipinski definition) is 2. The maximum absolute atomic E-state index is 12.4. The number of rotatable bonds is 14. The number of ether oxygens (including phenoxy) is 5. The first-order chi connectivity index (χ1) is 16.4. The molecule has 0 radical (unpaired) electrons. The Balaban J connectivity index is 1.43. The molecule has 2 heterocycles. The van der Waals surface area contributed by atoms with Crippen LogP contribution in [0.1, 0.15) is 72.1 Å². The minimum absolute atomic E-state index is 0.294. The van der Waals surface area contributed by atoms with Crippen LogP contribution in [0.2, 0.25) is 0 Å².